The summed E-state index contributed by atoms with van der Waals surface area (Å²) in [7, 11) is 4.16. The Labute approximate surface area is 189 Å². The third-order valence-corrected chi connectivity index (χ3v) is 6.51. The molecule has 0 aliphatic heterocycles. The zero-order valence-electron chi connectivity index (χ0n) is 18.2. The zero-order chi connectivity index (χ0) is 21.8. The summed E-state index contributed by atoms with van der Waals surface area (Å²) in [5.41, 5.74) is 3.25. The van der Waals surface area contributed by atoms with Gasteiger partial charge >= 0.3 is 0 Å². The monoisotopic (exact) mass is 438 g/mol. The van der Waals surface area contributed by atoms with Crippen LogP contribution < -0.4 is 15.5 Å². The van der Waals surface area contributed by atoms with Crippen molar-refractivity contribution in [1.82, 2.24) is 10.3 Å². The Balaban J connectivity index is 1.29. The largest absolute Gasteiger partial charge is 0.508 e. The summed E-state index contributed by atoms with van der Waals surface area (Å²) < 4.78 is 0. The van der Waals surface area contributed by atoms with E-state index in [2.05, 4.69) is 53.9 Å². The van der Waals surface area contributed by atoms with Gasteiger partial charge in [0.2, 0.25) is 0 Å². The smallest absolute Gasteiger partial charge is 0.128 e. The van der Waals surface area contributed by atoms with Gasteiger partial charge in [0.25, 0.3) is 0 Å². The second kappa shape index (κ2) is 9.75. The fourth-order valence-corrected chi connectivity index (χ4v) is 4.65. The Morgan fingerprint density at radius 2 is 1.84 bits per heavy atom. The molecule has 2 aromatic carbocycles. The number of hydrogen-bond acceptors (Lipinski definition) is 5. The van der Waals surface area contributed by atoms with Crippen LogP contribution in [0.15, 0.2) is 48.5 Å². The quantitative estimate of drug-likeness (QED) is 0.459. The van der Waals surface area contributed by atoms with Gasteiger partial charge in [-0.25, -0.2) is 4.98 Å². The Morgan fingerprint density at radius 1 is 1.06 bits per heavy atom. The van der Waals surface area contributed by atoms with E-state index < -0.39 is 0 Å². The van der Waals surface area contributed by atoms with Crippen molar-refractivity contribution in [2.24, 2.45) is 5.92 Å². The number of aromatic nitrogens is 1. The number of nitrogens with one attached hydrogen (secondary N) is 2. The van der Waals surface area contributed by atoms with Crippen molar-refractivity contribution in [3.63, 3.8) is 0 Å². The number of phenolic OH excluding ortho intramolecular Hbond substituents is 1. The number of nitrogens with zero attached hydrogens (tertiary/aromatic N) is 2. The minimum absolute atomic E-state index is 0.207. The number of hydrogen-bond donors (Lipinski definition) is 3. The molecule has 4 rings (SSSR count). The van der Waals surface area contributed by atoms with Crippen molar-refractivity contribution in [1.29, 1.82) is 0 Å². The van der Waals surface area contributed by atoms with Gasteiger partial charge in [-0.1, -0.05) is 35.9 Å². The summed E-state index contributed by atoms with van der Waals surface area (Å²) in [5.74, 6) is 1.85. The fraction of sp³-hybridized carbons (Fsp3) is 0.400. The molecule has 0 bridgehead atoms. The molecule has 6 heteroatoms. The molecule has 1 aromatic heterocycles. The third-order valence-electron chi connectivity index (χ3n) is 6.16. The molecule has 31 heavy (non-hydrogen) atoms. The average Bonchev–Trinajstić information content (AvgIpc) is 2.76. The highest BCUT2D eigenvalue weighted by Gasteiger charge is 2.21. The highest BCUT2D eigenvalue weighted by Crippen LogP contribution is 2.30. The minimum Gasteiger partial charge on any atom is -0.508 e. The maximum atomic E-state index is 9.47. The van der Waals surface area contributed by atoms with Gasteiger partial charge in [-0.05, 0) is 61.9 Å². The van der Waals surface area contributed by atoms with Crippen molar-refractivity contribution in [3.05, 3.63) is 59.1 Å². The van der Waals surface area contributed by atoms with Gasteiger partial charge in [0.05, 0.1) is 5.52 Å². The first kappa shape index (κ1) is 21.7. The topological polar surface area (TPSA) is 60.4 Å². The van der Waals surface area contributed by atoms with Crippen LogP contribution in [0.25, 0.3) is 10.9 Å². The number of phenols is 1. The Kier molecular flexibility index (Phi) is 6.83. The normalized spacial score (nSPS) is 18.8. The number of fused-ring (bicyclic) bond motifs is 1. The average molecular weight is 439 g/mol. The van der Waals surface area contributed by atoms with Gasteiger partial charge in [0, 0.05) is 48.8 Å². The molecule has 0 spiro atoms. The first-order chi connectivity index (χ1) is 15.0. The van der Waals surface area contributed by atoms with E-state index in [1.165, 1.54) is 23.9 Å². The van der Waals surface area contributed by atoms with Gasteiger partial charge in [-0.2, -0.15) is 0 Å². The van der Waals surface area contributed by atoms with Crippen molar-refractivity contribution >= 4 is 34.0 Å². The van der Waals surface area contributed by atoms with Gasteiger partial charge in [0.15, 0.2) is 0 Å². The lowest BCUT2D eigenvalue weighted by Crippen LogP contribution is -2.31. The number of halogens is 1. The van der Waals surface area contributed by atoms with Crippen LogP contribution in [0.5, 0.6) is 5.75 Å². The van der Waals surface area contributed by atoms with Gasteiger partial charge in [0.1, 0.15) is 11.6 Å². The van der Waals surface area contributed by atoms with Crippen LogP contribution in [0.2, 0.25) is 5.02 Å². The first-order valence-corrected chi connectivity index (χ1v) is 11.4. The summed E-state index contributed by atoms with van der Waals surface area (Å²) in [5, 5.41) is 18.5. The lowest BCUT2D eigenvalue weighted by atomic mass is 9.86. The molecule has 1 heterocycles. The van der Waals surface area contributed by atoms with Crippen LogP contribution in [0.3, 0.4) is 0 Å². The molecule has 1 fully saturated rings. The molecule has 1 aliphatic carbocycles. The number of rotatable bonds is 7. The highest BCUT2D eigenvalue weighted by atomic mass is 35.5. The third kappa shape index (κ3) is 5.41. The highest BCUT2D eigenvalue weighted by molar-refractivity contribution is 6.31. The molecular weight excluding hydrogens is 408 g/mol. The van der Waals surface area contributed by atoms with Crippen LogP contribution in [0, 0.1) is 5.92 Å². The summed E-state index contributed by atoms with van der Waals surface area (Å²) in [4.78, 5) is 7.00. The SMILES string of the molecule is CN(C)c1cc(N[C@H]2CC[C@@H](CNCc3ccc(O)cc3Cl)CC2)nc2ccccc12. The predicted molar refractivity (Wildman–Crippen MR) is 130 cm³/mol. The van der Waals surface area contributed by atoms with E-state index in [0.29, 0.717) is 17.0 Å². The fourth-order valence-electron chi connectivity index (χ4n) is 4.41. The van der Waals surface area contributed by atoms with E-state index in [1.807, 2.05) is 12.1 Å². The molecule has 164 valence electrons. The molecule has 3 aromatic rings. The van der Waals surface area contributed by atoms with E-state index in [-0.39, 0.29) is 5.75 Å². The maximum absolute atomic E-state index is 9.47. The van der Waals surface area contributed by atoms with Crippen molar-refractivity contribution in [2.75, 3.05) is 30.9 Å². The van der Waals surface area contributed by atoms with Crippen molar-refractivity contribution in [2.45, 2.75) is 38.3 Å². The molecule has 3 N–H and O–H groups in total. The van der Waals surface area contributed by atoms with Crippen LogP contribution in [0.1, 0.15) is 31.2 Å². The number of anilines is 2. The van der Waals surface area contributed by atoms with Crippen LogP contribution in [-0.4, -0.2) is 36.8 Å². The molecule has 1 aliphatic rings. The minimum atomic E-state index is 0.207. The molecule has 0 saturated heterocycles. The van der Waals surface area contributed by atoms with Crippen molar-refractivity contribution < 1.29 is 5.11 Å². The molecular formula is C25H31ClN4O. The van der Waals surface area contributed by atoms with Crippen LogP contribution in [-0.2, 0) is 6.54 Å². The van der Waals surface area contributed by atoms with Crippen LogP contribution >= 0.6 is 11.6 Å². The van der Waals surface area contributed by atoms with E-state index >= 15 is 0 Å². The first-order valence-electron chi connectivity index (χ1n) is 11.0. The van der Waals surface area contributed by atoms with Crippen molar-refractivity contribution in [3.8, 4) is 5.75 Å². The Morgan fingerprint density at radius 3 is 2.58 bits per heavy atom. The lowest BCUT2D eigenvalue weighted by molar-refractivity contribution is 0.324. The summed E-state index contributed by atoms with van der Waals surface area (Å²) in [6, 6.07) is 16.1. The summed E-state index contributed by atoms with van der Waals surface area (Å²) >= 11 is 6.20. The lowest BCUT2D eigenvalue weighted by Gasteiger charge is -2.30. The molecule has 5 nitrogen and oxygen atoms in total. The second-order valence-corrected chi connectivity index (χ2v) is 9.11. The number of aromatic hydroxyl groups is 1. The zero-order valence-corrected chi connectivity index (χ0v) is 19.0. The predicted octanol–water partition coefficient (Wildman–Crippen LogP) is 5.42. The number of benzene rings is 2. The second-order valence-electron chi connectivity index (χ2n) is 8.71. The molecule has 0 amide bonds. The molecule has 0 unspecified atom stereocenters. The maximum Gasteiger partial charge on any atom is 0.128 e. The standard InChI is InChI=1S/C25H31ClN4O/c1-30(2)24-14-25(29-23-6-4-3-5-21(23)24)28-19-10-7-17(8-11-19)15-27-16-18-9-12-20(31)13-22(18)26/h3-6,9,12-14,17,19,27,31H,7-8,10-11,15-16H2,1-2H3,(H,28,29)/t17-,19+. The van der Waals surface area contributed by atoms with E-state index in [1.54, 1.807) is 12.1 Å². The van der Waals surface area contributed by atoms with E-state index in [4.69, 9.17) is 16.6 Å². The summed E-state index contributed by atoms with van der Waals surface area (Å²) in [6.45, 7) is 1.72. The van der Waals surface area contributed by atoms with Gasteiger partial charge < -0.3 is 20.6 Å². The van der Waals surface area contributed by atoms with Gasteiger partial charge in [-0.15, -0.1) is 0 Å². The van der Waals surface area contributed by atoms with Gasteiger partial charge in [-0.3, -0.25) is 0 Å². The van der Waals surface area contributed by atoms with E-state index in [9.17, 15) is 5.11 Å². The summed E-state index contributed by atoms with van der Waals surface area (Å²) in [6.07, 6.45) is 4.69. The Hall–Kier alpha value is -2.50. The number of para-hydroxylation sites is 1. The molecule has 1 saturated carbocycles. The van der Waals surface area contributed by atoms with Crippen LogP contribution in [0.4, 0.5) is 11.5 Å². The molecule has 0 atom stereocenters. The number of pyridine rings is 1. The Bertz CT molecular complexity index is 1030. The molecule has 0 radical (unpaired) electrons. The van der Waals surface area contributed by atoms with E-state index in [0.717, 1.165) is 42.8 Å².